The van der Waals surface area contributed by atoms with Crippen LogP contribution < -0.4 is 16.2 Å². The molecule has 0 aliphatic carbocycles. The summed E-state index contributed by atoms with van der Waals surface area (Å²) in [4.78, 5) is 56.7. The van der Waals surface area contributed by atoms with E-state index in [-0.39, 0.29) is 32.2 Å². The van der Waals surface area contributed by atoms with Gasteiger partial charge in [0.1, 0.15) is 22.3 Å². The van der Waals surface area contributed by atoms with Crippen LogP contribution in [-0.2, 0) is 14.4 Å². The quantitative estimate of drug-likeness (QED) is 0.467. The van der Waals surface area contributed by atoms with E-state index in [1.165, 1.54) is 10.5 Å². The molecule has 2 aromatic rings. The Morgan fingerprint density at radius 3 is 2.67 bits per heavy atom. The summed E-state index contributed by atoms with van der Waals surface area (Å²) in [5.74, 6) is -1.94. The number of carbonyl (C=O) groups excluding carboxylic acids is 2. The second kappa shape index (κ2) is 8.94. The smallest absolute Gasteiger partial charge is 0.323 e. The maximum Gasteiger partial charge on any atom is 0.323 e. The molecule has 2 fully saturated rings. The second-order valence-corrected chi connectivity index (χ2v) is 9.54. The average molecular weight is 488 g/mol. The van der Waals surface area contributed by atoms with Gasteiger partial charge in [0.25, 0.3) is 11.5 Å². The number of carbonyl (C=O) groups is 3. The summed E-state index contributed by atoms with van der Waals surface area (Å²) in [5.41, 5.74) is 6.59. The van der Waals surface area contributed by atoms with E-state index < -0.39 is 18.4 Å². The average Bonchev–Trinajstić information content (AvgIpc) is 3.03. The zero-order chi connectivity index (χ0) is 23.9. The van der Waals surface area contributed by atoms with Crippen molar-refractivity contribution in [3.8, 4) is 0 Å². The Kier molecular flexibility index (Phi) is 6.21. The molecule has 2 amide bonds. The molecular weight excluding hydrogens is 466 g/mol. The Bertz CT molecular complexity index is 1280. The van der Waals surface area contributed by atoms with Crippen LogP contribution in [0.3, 0.4) is 0 Å². The van der Waals surface area contributed by atoms with Crippen LogP contribution in [0.4, 0.5) is 5.82 Å². The van der Waals surface area contributed by atoms with Crippen LogP contribution in [0.2, 0.25) is 0 Å². The zero-order valence-corrected chi connectivity index (χ0v) is 19.3. The number of fused-ring (bicyclic) bond motifs is 1. The van der Waals surface area contributed by atoms with E-state index in [2.05, 4.69) is 0 Å². The lowest BCUT2D eigenvalue weighted by Crippen LogP contribution is -2.40. The number of carboxylic acid groups (broad SMARTS) is 1. The van der Waals surface area contributed by atoms with Crippen molar-refractivity contribution in [2.45, 2.75) is 19.8 Å². The van der Waals surface area contributed by atoms with E-state index in [1.54, 1.807) is 12.3 Å². The number of primary amides is 1. The van der Waals surface area contributed by atoms with Gasteiger partial charge < -0.3 is 15.7 Å². The van der Waals surface area contributed by atoms with Crippen LogP contribution in [0, 0.1) is 12.8 Å². The zero-order valence-electron chi connectivity index (χ0n) is 17.7. The monoisotopic (exact) mass is 487 g/mol. The van der Waals surface area contributed by atoms with E-state index in [0.29, 0.717) is 37.4 Å². The van der Waals surface area contributed by atoms with Gasteiger partial charge in [0.2, 0.25) is 5.91 Å². The van der Waals surface area contributed by atoms with E-state index in [9.17, 15) is 19.2 Å². The molecule has 0 bridgehead atoms. The SMILES string of the molecule is Cc1cccn2c(=O)c(/C=C3/SC(=S)N(CC(=O)O)C3=O)c(N3CCC(C(N)=O)CC3)nc12. The van der Waals surface area contributed by atoms with Crippen LogP contribution in [0.5, 0.6) is 0 Å². The number of pyridine rings is 1. The molecule has 0 radical (unpaired) electrons. The highest BCUT2D eigenvalue weighted by Crippen LogP contribution is 2.34. The van der Waals surface area contributed by atoms with Crippen molar-refractivity contribution in [1.29, 1.82) is 0 Å². The van der Waals surface area contributed by atoms with Crippen LogP contribution in [-0.4, -0.2) is 61.1 Å². The second-order valence-electron chi connectivity index (χ2n) is 7.86. The van der Waals surface area contributed by atoms with Gasteiger partial charge >= 0.3 is 5.97 Å². The predicted octanol–water partition coefficient (Wildman–Crippen LogP) is 0.990. The number of hydrogen-bond acceptors (Lipinski definition) is 8. The Hall–Kier alpha value is -3.25. The maximum absolute atomic E-state index is 13.5. The minimum atomic E-state index is -1.19. The molecule has 10 nitrogen and oxygen atoms in total. The molecule has 2 aliphatic heterocycles. The molecule has 2 saturated heterocycles. The molecule has 0 saturated carbocycles. The van der Waals surface area contributed by atoms with Crippen molar-refractivity contribution in [2.75, 3.05) is 24.5 Å². The van der Waals surface area contributed by atoms with Gasteiger partial charge in [-0.15, -0.1) is 0 Å². The summed E-state index contributed by atoms with van der Waals surface area (Å²) in [7, 11) is 0. The van der Waals surface area contributed by atoms with E-state index in [4.69, 9.17) is 28.0 Å². The Labute approximate surface area is 198 Å². The maximum atomic E-state index is 13.5. The summed E-state index contributed by atoms with van der Waals surface area (Å²) in [6, 6.07) is 3.58. The van der Waals surface area contributed by atoms with Gasteiger partial charge in [0.05, 0.1) is 10.5 Å². The van der Waals surface area contributed by atoms with E-state index in [1.807, 2.05) is 17.9 Å². The van der Waals surface area contributed by atoms with Gasteiger partial charge in [-0.1, -0.05) is 30.0 Å². The van der Waals surface area contributed by atoms with Gasteiger partial charge in [-0.3, -0.25) is 28.5 Å². The minimum Gasteiger partial charge on any atom is -0.480 e. The molecule has 4 rings (SSSR count). The van der Waals surface area contributed by atoms with Crippen LogP contribution in [0.1, 0.15) is 24.0 Å². The van der Waals surface area contributed by atoms with Crippen molar-refractivity contribution in [3.63, 3.8) is 0 Å². The van der Waals surface area contributed by atoms with Gasteiger partial charge in [0.15, 0.2) is 0 Å². The molecule has 0 unspecified atom stereocenters. The van der Waals surface area contributed by atoms with Crippen molar-refractivity contribution in [3.05, 3.63) is 44.7 Å². The van der Waals surface area contributed by atoms with Crippen LogP contribution >= 0.6 is 24.0 Å². The molecule has 0 atom stereocenters. The van der Waals surface area contributed by atoms with E-state index in [0.717, 1.165) is 22.2 Å². The number of anilines is 1. The van der Waals surface area contributed by atoms with Crippen LogP contribution in [0.15, 0.2) is 28.0 Å². The minimum absolute atomic E-state index is 0.113. The van der Waals surface area contributed by atoms with Crippen molar-refractivity contribution >= 4 is 63.6 Å². The first kappa shape index (κ1) is 22.9. The fourth-order valence-electron chi connectivity index (χ4n) is 3.95. The first-order valence-corrected chi connectivity index (χ1v) is 11.4. The molecule has 0 aromatic carbocycles. The summed E-state index contributed by atoms with van der Waals surface area (Å²) >= 11 is 6.11. The Morgan fingerprint density at radius 2 is 2.03 bits per heavy atom. The lowest BCUT2D eigenvalue weighted by Gasteiger charge is -2.32. The largest absolute Gasteiger partial charge is 0.480 e. The number of nitrogens with zero attached hydrogens (tertiary/aromatic N) is 4. The molecular formula is C21H21N5O5S2. The van der Waals surface area contributed by atoms with Gasteiger partial charge in [-0.05, 0) is 37.5 Å². The normalized spacial score (nSPS) is 18.5. The first-order valence-electron chi connectivity index (χ1n) is 10.2. The van der Waals surface area contributed by atoms with Crippen molar-refractivity contribution < 1.29 is 19.5 Å². The third-order valence-corrected chi connectivity index (χ3v) is 7.08. The number of piperidine rings is 1. The van der Waals surface area contributed by atoms with Gasteiger partial charge in [-0.25, -0.2) is 4.98 Å². The number of thiocarbonyl (C=S) groups is 1. The number of rotatable bonds is 5. The fourth-order valence-corrected chi connectivity index (χ4v) is 5.18. The molecule has 3 N–H and O–H groups in total. The summed E-state index contributed by atoms with van der Waals surface area (Å²) in [6.07, 6.45) is 4.10. The summed E-state index contributed by atoms with van der Waals surface area (Å²) in [5, 5.41) is 9.06. The third kappa shape index (κ3) is 4.35. The molecule has 172 valence electrons. The Balaban J connectivity index is 1.82. The molecule has 2 aromatic heterocycles. The first-order chi connectivity index (χ1) is 15.7. The molecule has 33 heavy (non-hydrogen) atoms. The third-order valence-electron chi connectivity index (χ3n) is 5.70. The number of amides is 2. The molecule has 2 aliphatic rings. The highest BCUT2D eigenvalue weighted by molar-refractivity contribution is 8.26. The number of carboxylic acids is 1. The molecule has 4 heterocycles. The number of aliphatic carboxylic acids is 1. The van der Waals surface area contributed by atoms with Gasteiger partial charge in [0, 0.05) is 25.2 Å². The highest BCUT2D eigenvalue weighted by atomic mass is 32.2. The summed E-state index contributed by atoms with van der Waals surface area (Å²) < 4.78 is 1.53. The number of thioether (sulfide) groups is 1. The topological polar surface area (TPSA) is 138 Å². The standard InChI is InChI=1S/C21H21N5O5S2/c1-11-3-2-6-25-17(11)23-18(24-7-4-12(5-8-24)16(22)29)13(19(25)30)9-14-20(31)26(10-15(27)28)21(32)33-14/h2-3,6,9,12H,4-5,7-8,10H2,1H3,(H2,22,29)(H,27,28)/b14-9+. The van der Waals surface area contributed by atoms with Crippen LogP contribution in [0.25, 0.3) is 11.7 Å². The van der Waals surface area contributed by atoms with Crippen molar-refractivity contribution in [2.24, 2.45) is 11.7 Å². The van der Waals surface area contributed by atoms with E-state index >= 15 is 0 Å². The number of aromatic nitrogens is 2. The molecule has 0 spiro atoms. The van der Waals surface area contributed by atoms with Crippen molar-refractivity contribution in [1.82, 2.24) is 14.3 Å². The molecule has 12 heteroatoms. The Morgan fingerprint density at radius 1 is 1.33 bits per heavy atom. The lowest BCUT2D eigenvalue weighted by atomic mass is 9.96. The van der Waals surface area contributed by atoms with Gasteiger partial charge in [-0.2, -0.15) is 0 Å². The lowest BCUT2D eigenvalue weighted by molar-refractivity contribution is -0.140. The number of aryl methyl sites for hydroxylation is 1. The predicted molar refractivity (Wildman–Crippen MR) is 128 cm³/mol. The summed E-state index contributed by atoms with van der Waals surface area (Å²) in [6.45, 7) is 2.25. The number of nitrogens with two attached hydrogens (primary N) is 1. The fraction of sp³-hybridized carbons (Fsp3) is 0.333. The number of hydrogen-bond donors (Lipinski definition) is 2. The highest BCUT2D eigenvalue weighted by Gasteiger charge is 2.34.